The highest BCUT2D eigenvalue weighted by Gasteiger charge is 2.20. The van der Waals surface area contributed by atoms with Crippen LogP contribution < -0.4 is 15.4 Å². The summed E-state index contributed by atoms with van der Waals surface area (Å²) in [5.41, 5.74) is 5.74. The van der Waals surface area contributed by atoms with Gasteiger partial charge in [0.25, 0.3) is 0 Å². The molecule has 1 unspecified atom stereocenters. The number of amides is 2. The van der Waals surface area contributed by atoms with Crippen molar-refractivity contribution in [2.24, 2.45) is 0 Å². The number of aromatic amines is 1. The molecule has 1 aliphatic rings. The van der Waals surface area contributed by atoms with E-state index in [9.17, 15) is 4.79 Å². The van der Waals surface area contributed by atoms with Crippen molar-refractivity contribution in [3.05, 3.63) is 95.3 Å². The fraction of sp³-hybridized carbons (Fsp3) is 0.286. The van der Waals surface area contributed by atoms with Crippen LogP contribution in [0.5, 0.6) is 5.75 Å². The smallest absolute Gasteiger partial charge is 0.315 e. The molecule has 0 aliphatic carbocycles. The second-order valence-electron chi connectivity index (χ2n) is 8.94. The highest BCUT2D eigenvalue weighted by molar-refractivity contribution is 5.76. The van der Waals surface area contributed by atoms with Crippen LogP contribution in [0.4, 0.5) is 4.79 Å². The molecule has 0 spiro atoms. The number of hydrogen-bond acceptors (Lipinski definition) is 4. The van der Waals surface area contributed by atoms with Gasteiger partial charge in [-0.05, 0) is 53.8 Å². The molecule has 1 aromatic heterocycles. The first-order valence-corrected chi connectivity index (χ1v) is 12.1. The van der Waals surface area contributed by atoms with E-state index in [1.54, 1.807) is 7.11 Å². The van der Waals surface area contributed by atoms with Crippen molar-refractivity contribution >= 4 is 17.1 Å². The summed E-state index contributed by atoms with van der Waals surface area (Å²) in [5.74, 6) is 1.55. The number of para-hydroxylation sites is 2. The van der Waals surface area contributed by atoms with Gasteiger partial charge in [-0.1, -0.05) is 48.5 Å². The zero-order valence-electron chi connectivity index (χ0n) is 20.0. The average molecular weight is 470 g/mol. The summed E-state index contributed by atoms with van der Waals surface area (Å²) in [7, 11) is 1.65. The number of imidazole rings is 1. The second-order valence-corrected chi connectivity index (χ2v) is 8.94. The Morgan fingerprint density at radius 2 is 1.83 bits per heavy atom. The summed E-state index contributed by atoms with van der Waals surface area (Å²) in [4.78, 5) is 23.4. The number of H-pyrrole nitrogens is 1. The third kappa shape index (κ3) is 5.63. The van der Waals surface area contributed by atoms with E-state index in [4.69, 9.17) is 9.72 Å². The number of methoxy groups -OCH3 is 1. The summed E-state index contributed by atoms with van der Waals surface area (Å²) in [5, 5.41) is 6.17. The molecule has 1 atom stereocenters. The van der Waals surface area contributed by atoms with E-state index in [0.717, 1.165) is 54.2 Å². The first-order valence-electron chi connectivity index (χ1n) is 12.1. The molecule has 180 valence electrons. The van der Waals surface area contributed by atoms with E-state index < -0.39 is 0 Å². The largest absolute Gasteiger partial charge is 0.497 e. The molecule has 7 nitrogen and oxygen atoms in total. The number of ether oxygens (including phenoxy) is 1. The molecule has 2 amide bonds. The van der Waals surface area contributed by atoms with Crippen molar-refractivity contribution in [1.82, 2.24) is 25.5 Å². The predicted octanol–water partition coefficient (Wildman–Crippen LogP) is 4.21. The molecule has 1 aliphatic heterocycles. The van der Waals surface area contributed by atoms with Crippen LogP contribution in [0.2, 0.25) is 0 Å². The highest BCUT2D eigenvalue weighted by atomic mass is 16.5. The van der Waals surface area contributed by atoms with Crippen LogP contribution in [0, 0.1) is 0 Å². The van der Waals surface area contributed by atoms with Crippen LogP contribution in [0.25, 0.3) is 11.0 Å². The van der Waals surface area contributed by atoms with Gasteiger partial charge in [0.2, 0.25) is 0 Å². The quantitative estimate of drug-likeness (QED) is 0.361. The number of fused-ring (bicyclic) bond motifs is 2. The number of carbonyl (C=O) groups is 1. The van der Waals surface area contributed by atoms with Gasteiger partial charge in [0, 0.05) is 26.2 Å². The molecular weight excluding hydrogens is 438 g/mol. The monoisotopic (exact) mass is 469 g/mol. The number of hydrogen-bond donors (Lipinski definition) is 3. The van der Waals surface area contributed by atoms with Gasteiger partial charge < -0.3 is 20.4 Å². The van der Waals surface area contributed by atoms with Gasteiger partial charge in [-0.2, -0.15) is 0 Å². The number of aromatic nitrogens is 2. The zero-order chi connectivity index (χ0) is 24.0. The van der Waals surface area contributed by atoms with Gasteiger partial charge in [-0.25, -0.2) is 9.78 Å². The Labute approximate surface area is 205 Å². The third-order valence-electron chi connectivity index (χ3n) is 6.57. The average Bonchev–Trinajstić information content (AvgIpc) is 3.33. The van der Waals surface area contributed by atoms with Gasteiger partial charge in [0.05, 0.1) is 24.2 Å². The topological polar surface area (TPSA) is 82.3 Å². The summed E-state index contributed by atoms with van der Waals surface area (Å²) < 4.78 is 5.27. The van der Waals surface area contributed by atoms with Gasteiger partial charge in [-0.15, -0.1) is 0 Å². The molecule has 3 aromatic carbocycles. The molecular formula is C28H31N5O2. The van der Waals surface area contributed by atoms with E-state index in [1.807, 2.05) is 48.5 Å². The van der Waals surface area contributed by atoms with Gasteiger partial charge >= 0.3 is 6.03 Å². The first kappa shape index (κ1) is 22.9. The molecule has 0 bridgehead atoms. The predicted molar refractivity (Wildman–Crippen MR) is 137 cm³/mol. The van der Waals surface area contributed by atoms with Gasteiger partial charge in [0.15, 0.2) is 0 Å². The number of benzene rings is 3. The Morgan fingerprint density at radius 3 is 2.63 bits per heavy atom. The van der Waals surface area contributed by atoms with E-state index in [1.165, 1.54) is 11.1 Å². The van der Waals surface area contributed by atoms with Crippen LogP contribution in [-0.2, 0) is 19.4 Å². The van der Waals surface area contributed by atoms with E-state index in [2.05, 4.69) is 44.8 Å². The van der Waals surface area contributed by atoms with E-state index in [0.29, 0.717) is 13.0 Å². The first-order chi connectivity index (χ1) is 17.2. The standard InChI is InChI=1S/C28H31N5O2/c1-35-23-12-10-20(11-13-23)18-26(27-30-24-8-4-5-9-25(24)31-27)32-28(34)29-15-17-33-16-14-21-6-2-3-7-22(21)19-33/h2-13,26H,14-19H2,1H3,(H,30,31)(H2,29,32,34). The lowest BCUT2D eigenvalue weighted by Crippen LogP contribution is -2.43. The van der Waals surface area contributed by atoms with Crippen LogP contribution in [-0.4, -0.2) is 47.6 Å². The van der Waals surface area contributed by atoms with Crippen LogP contribution in [0.1, 0.15) is 28.6 Å². The number of rotatable bonds is 8. The fourth-order valence-electron chi connectivity index (χ4n) is 4.63. The van der Waals surface area contributed by atoms with Crippen molar-refractivity contribution in [1.29, 1.82) is 0 Å². The molecule has 0 saturated carbocycles. The van der Waals surface area contributed by atoms with Crippen molar-refractivity contribution in [3.63, 3.8) is 0 Å². The molecule has 35 heavy (non-hydrogen) atoms. The van der Waals surface area contributed by atoms with E-state index in [-0.39, 0.29) is 12.1 Å². The molecule has 0 saturated heterocycles. The molecule has 2 heterocycles. The van der Waals surface area contributed by atoms with Crippen molar-refractivity contribution in [2.75, 3.05) is 26.7 Å². The molecule has 7 heteroatoms. The highest BCUT2D eigenvalue weighted by Crippen LogP contribution is 2.22. The van der Waals surface area contributed by atoms with Gasteiger partial charge in [-0.3, -0.25) is 4.90 Å². The number of urea groups is 1. The lowest BCUT2D eigenvalue weighted by molar-refractivity contribution is 0.227. The summed E-state index contributed by atoms with van der Waals surface area (Å²) in [6.45, 7) is 3.34. The van der Waals surface area contributed by atoms with Crippen LogP contribution in [0.15, 0.2) is 72.8 Å². The maximum Gasteiger partial charge on any atom is 0.315 e. The molecule has 5 rings (SSSR count). The van der Waals surface area contributed by atoms with Crippen LogP contribution in [0.3, 0.4) is 0 Å². The lowest BCUT2D eigenvalue weighted by Gasteiger charge is -2.28. The Kier molecular flexibility index (Phi) is 6.95. The number of carbonyl (C=O) groups excluding carboxylic acids is 1. The lowest BCUT2D eigenvalue weighted by atomic mass is 10.00. The molecule has 0 radical (unpaired) electrons. The summed E-state index contributed by atoms with van der Waals surface area (Å²) >= 11 is 0. The summed E-state index contributed by atoms with van der Waals surface area (Å²) in [6, 6.07) is 23.9. The van der Waals surface area contributed by atoms with E-state index >= 15 is 0 Å². The fourth-order valence-corrected chi connectivity index (χ4v) is 4.63. The second kappa shape index (κ2) is 10.6. The maximum absolute atomic E-state index is 12.9. The minimum atomic E-state index is -0.294. The molecule has 0 fully saturated rings. The zero-order valence-corrected chi connectivity index (χ0v) is 20.0. The SMILES string of the molecule is COc1ccc(CC(NC(=O)NCCN2CCc3ccccc3C2)c2nc3ccccc3[nH]2)cc1. The number of nitrogens with one attached hydrogen (secondary N) is 3. The Hall–Kier alpha value is -3.84. The third-order valence-corrected chi connectivity index (χ3v) is 6.57. The van der Waals surface area contributed by atoms with Gasteiger partial charge in [0.1, 0.15) is 11.6 Å². The molecule has 4 aromatic rings. The normalized spacial score (nSPS) is 14.3. The van der Waals surface area contributed by atoms with Crippen molar-refractivity contribution in [2.45, 2.75) is 25.4 Å². The molecule has 3 N–H and O–H groups in total. The Bertz CT molecular complexity index is 1250. The minimum Gasteiger partial charge on any atom is -0.497 e. The number of nitrogens with zero attached hydrogens (tertiary/aromatic N) is 2. The van der Waals surface area contributed by atoms with Crippen molar-refractivity contribution < 1.29 is 9.53 Å². The van der Waals surface area contributed by atoms with Crippen LogP contribution >= 0.6 is 0 Å². The minimum absolute atomic E-state index is 0.193. The Balaban J connectivity index is 1.22. The maximum atomic E-state index is 12.9. The Morgan fingerprint density at radius 1 is 1.06 bits per heavy atom. The van der Waals surface area contributed by atoms with Crippen molar-refractivity contribution in [3.8, 4) is 5.75 Å². The summed E-state index contributed by atoms with van der Waals surface area (Å²) in [6.07, 6.45) is 1.67.